The Morgan fingerprint density at radius 1 is 1.29 bits per heavy atom. The number of aryl methyl sites for hydroxylation is 1. The van der Waals surface area contributed by atoms with Crippen molar-refractivity contribution >= 4 is 16.5 Å². The fourth-order valence-electron chi connectivity index (χ4n) is 1.73. The van der Waals surface area contributed by atoms with Crippen LogP contribution in [-0.4, -0.2) is 43.1 Å². The summed E-state index contributed by atoms with van der Waals surface area (Å²) in [6.07, 6.45) is 3.21. The molecule has 2 rings (SSSR count). The van der Waals surface area contributed by atoms with Crippen molar-refractivity contribution in [2.75, 3.05) is 38.1 Å². The molecule has 0 aromatic carbocycles. The Morgan fingerprint density at radius 2 is 2.14 bits per heavy atom. The van der Waals surface area contributed by atoms with Gasteiger partial charge in [0.1, 0.15) is 0 Å². The van der Waals surface area contributed by atoms with E-state index in [9.17, 15) is 0 Å². The number of nitrogens with zero attached hydrogens (tertiary/aromatic N) is 3. The van der Waals surface area contributed by atoms with Gasteiger partial charge in [-0.3, -0.25) is 0 Å². The summed E-state index contributed by atoms with van der Waals surface area (Å²) in [5.41, 5.74) is 0. The molecule has 0 radical (unpaired) electrons. The van der Waals surface area contributed by atoms with Crippen molar-refractivity contribution in [3.05, 3.63) is 11.1 Å². The van der Waals surface area contributed by atoms with Crippen LogP contribution in [0.3, 0.4) is 0 Å². The number of hydrogen-bond donors (Lipinski definition) is 0. The van der Waals surface area contributed by atoms with E-state index in [-0.39, 0.29) is 0 Å². The Balaban J connectivity index is 2.04. The third-order valence-electron chi connectivity index (χ3n) is 2.60. The van der Waals surface area contributed by atoms with Gasteiger partial charge < -0.3 is 9.80 Å². The average molecular weight is 211 g/mol. The van der Waals surface area contributed by atoms with Crippen LogP contribution >= 0.6 is 11.3 Å². The summed E-state index contributed by atoms with van der Waals surface area (Å²) in [7, 11) is 2.19. The molecule has 14 heavy (non-hydrogen) atoms. The maximum atomic E-state index is 4.43. The van der Waals surface area contributed by atoms with Crippen LogP contribution in [0.1, 0.15) is 11.3 Å². The number of aromatic nitrogens is 1. The predicted octanol–water partition coefficient (Wildman–Crippen LogP) is 1.59. The molecule has 0 amide bonds. The molecule has 4 heteroatoms. The van der Waals surface area contributed by atoms with Crippen LogP contribution in [0.5, 0.6) is 0 Å². The van der Waals surface area contributed by atoms with E-state index in [0.717, 1.165) is 19.6 Å². The van der Waals surface area contributed by atoms with Crippen LogP contribution in [0.25, 0.3) is 0 Å². The predicted molar refractivity (Wildman–Crippen MR) is 61.2 cm³/mol. The van der Waals surface area contributed by atoms with Gasteiger partial charge in [0, 0.05) is 30.7 Å². The van der Waals surface area contributed by atoms with Crippen LogP contribution in [0.15, 0.2) is 6.20 Å². The van der Waals surface area contributed by atoms with E-state index in [1.807, 2.05) is 6.20 Å². The first-order chi connectivity index (χ1) is 6.75. The van der Waals surface area contributed by atoms with Gasteiger partial charge >= 0.3 is 0 Å². The summed E-state index contributed by atoms with van der Waals surface area (Å²) >= 11 is 1.80. The summed E-state index contributed by atoms with van der Waals surface area (Å²) in [5.74, 6) is 0. The molecule has 0 spiro atoms. The van der Waals surface area contributed by atoms with E-state index >= 15 is 0 Å². The molecule has 2 heterocycles. The maximum Gasteiger partial charge on any atom is 0.185 e. The molecule has 0 aliphatic carbocycles. The number of hydrogen-bond acceptors (Lipinski definition) is 4. The fraction of sp³-hybridized carbons (Fsp3) is 0.700. The molecule has 1 fully saturated rings. The molecule has 1 saturated heterocycles. The standard InChI is InChI=1S/C10H17N3S/c1-9-8-11-10(14-9)13-5-3-4-12(2)6-7-13/h8H,3-7H2,1-2H3. The van der Waals surface area contributed by atoms with Gasteiger partial charge in [-0.2, -0.15) is 0 Å². The Bertz CT molecular complexity index is 297. The van der Waals surface area contributed by atoms with E-state index in [1.54, 1.807) is 11.3 Å². The van der Waals surface area contributed by atoms with Crippen molar-refractivity contribution in [2.45, 2.75) is 13.3 Å². The first-order valence-corrected chi connectivity index (χ1v) is 5.93. The second-order valence-corrected chi connectivity index (χ2v) is 5.11. The topological polar surface area (TPSA) is 19.4 Å². The molecule has 1 aromatic heterocycles. The highest BCUT2D eigenvalue weighted by atomic mass is 32.1. The molecule has 78 valence electrons. The zero-order valence-electron chi connectivity index (χ0n) is 8.86. The summed E-state index contributed by atoms with van der Waals surface area (Å²) < 4.78 is 0. The lowest BCUT2D eigenvalue weighted by Gasteiger charge is -2.18. The number of likely N-dealkylation sites (N-methyl/N-ethyl adjacent to an activating group) is 1. The third kappa shape index (κ3) is 2.25. The van der Waals surface area contributed by atoms with Crippen LogP contribution in [0, 0.1) is 6.92 Å². The molecule has 0 atom stereocenters. The largest absolute Gasteiger partial charge is 0.347 e. The van der Waals surface area contributed by atoms with Gasteiger partial charge in [0.25, 0.3) is 0 Å². The molecule has 0 bridgehead atoms. The number of thiazole rings is 1. The van der Waals surface area contributed by atoms with E-state index in [2.05, 4.69) is 28.8 Å². The SMILES string of the molecule is Cc1cnc(N2CCCN(C)CC2)s1. The highest BCUT2D eigenvalue weighted by Gasteiger charge is 2.14. The van der Waals surface area contributed by atoms with Gasteiger partial charge in [0.15, 0.2) is 5.13 Å². The van der Waals surface area contributed by atoms with Gasteiger partial charge in [-0.05, 0) is 26.9 Å². The van der Waals surface area contributed by atoms with Crippen LogP contribution in [-0.2, 0) is 0 Å². The molecule has 1 aromatic rings. The van der Waals surface area contributed by atoms with Crippen molar-refractivity contribution in [3.63, 3.8) is 0 Å². The lowest BCUT2D eigenvalue weighted by atomic mass is 10.4. The first kappa shape index (κ1) is 9.93. The summed E-state index contributed by atoms with van der Waals surface area (Å²) in [6.45, 7) is 6.74. The molecule has 0 unspecified atom stereocenters. The molecule has 1 aliphatic heterocycles. The summed E-state index contributed by atoms with van der Waals surface area (Å²) in [4.78, 5) is 10.5. The number of anilines is 1. The van der Waals surface area contributed by atoms with Crippen molar-refractivity contribution in [1.82, 2.24) is 9.88 Å². The molecule has 3 nitrogen and oxygen atoms in total. The lowest BCUT2D eigenvalue weighted by molar-refractivity contribution is 0.360. The highest BCUT2D eigenvalue weighted by molar-refractivity contribution is 7.15. The van der Waals surface area contributed by atoms with Gasteiger partial charge in [-0.1, -0.05) is 0 Å². The van der Waals surface area contributed by atoms with Crippen LogP contribution in [0.2, 0.25) is 0 Å². The van der Waals surface area contributed by atoms with Crippen LogP contribution in [0.4, 0.5) is 5.13 Å². The van der Waals surface area contributed by atoms with Crippen molar-refractivity contribution in [2.24, 2.45) is 0 Å². The van der Waals surface area contributed by atoms with E-state index in [1.165, 1.54) is 23.0 Å². The Labute approximate surface area is 89.4 Å². The first-order valence-electron chi connectivity index (χ1n) is 5.11. The minimum absolute atomic E-state index is 1.11. The highest BCUT2D eigenvalue weighted by Crippen LogP contribution is 2.22. The zero-order chi connectivity index (χ0) is 9.97. The Hall–Kier alpha value is -0.610. The monoisotopic (exact) mass is 211 g/mol. The molecule has 0 saturated carbocycles. The maximum absolute atomic E-state index is 4.43. The minimum Gasteiger partial charge on any atom is -0.347 e. The van der Waals surface area contributed by atoms with E-state index < -0.39 is 0 Å². The van der Waals surface area contributed by atoms with Crippen molar-refractivity contribution in [3.8, 4) is 0 Å². The Kier molecular flexibility index (Phi) is 3.03. The molecule has 1 aliphatic rings. The normalized spacial score (nSPS) is 19.7. The van der Waals surface area contributed by atoms with Crippen LogP contribution < -0.4 is 4.90 Å². The smallest absolute Gasteiger partial charge is 0.185 e. The van der Waals surface area contributed by atoms with E-state index in [4.69, 9.17) is 0 Å². The second kappa shape index (κ2) is 4.28. The second-order valence-electron chi connectivity index (χ2n) is 3.90. The number of rotatable bonds is 1. The Morgan fingerprint density at radius 3 is 2.86 bits per heavy atom. The third-order valence-corrected chi connectivity index (χ3v) is 3.57. The zero-order valence-corrected chi connectivity index (χ0v) is 9.68. The van der Waals surface area contributed by atoms with Gasteiger partial charge in [0.2, 0.25) is 0 Å². The molecular weight excluding hydrogens is 194 g/mol. The lowest BCUT2D eigenvalue weighted by Crippen LogP contribution is -2.28. The fourth-order valence-corrected chi connectivity index (χ4v) is 2.54. The quantitative estimate of drug-likeness (QED) is 0.703. The summed E-state index contributed by atoms with van der Waals surface area (Å²) in [6, 6.07) is 0. The van der Waals surface area contributed by atoms with Crippen molar-refractivity contribution < 1.29 is 0 Å². The van der Waals surface area contributed by atoms with E-state index in [0.29, 0.717) is 0 Å². The van der Waals surface area contributed by atoms with Gasteiger partial charge in [0.05, 0.1) is 0 Å². The van der Waals surface area contributed by atoms with Crippen molar-refractivity contribution in [1.29, 1.82) is 0 Å². The van der Waals surface area contributed by atoms with Gasteiger partial charge in [-0.15, -0.1) is 11.3 Å². The molecule has 0 N–H and O–H groups in total. The summed E-state index contributed by atoms with van der Waals surface area (Å²) in [5, 5.41) is 1.19. The average Bonchev–Trinajstić information content (AvgIpc) is 2.46. The molecular formula is C10H17N3S. The minimum atomic E-state index is 1.11. The van der Waals surface area contributed by atoms with Gasteiger partial charge in [-0.25, -0.2) is 4.98 Å².